The maximum absolute atomic E-state index is 11.2. The van der Waals surface area contributed by atoms with Gasteiger partial charge in [0.15, 0.2) is 5.16 Å². The summed E-state index contributed by atoms with van der Waals surface area (Å²) in [6.07, 6.45) is 1.59. The van der Waals surface area contributed by atoms with E-state index in [-0.39, 0.29) is 5.15 Å². The molecular weight excluding hydrogens is 286 g/mol. The minimum absolute atomic E-state index is 0.270. The summed E-state index contributed by atoms with van der Waals surface area (Å²) < 4.78 is 0. The number of nitrogen functional groups attached to an aromatic ring is 1. The van der Waals surface area contributed by atoms with Crippen LogP contribution in [0.1, 0.15) is 16.1 Å². The van der Waals surface area contributed by atoms with Crippen molar-refractivity contribution in [1.29, 1.82) is 0 Å². The monoisotopic (exact) mass is 295 g/mol. The second-order valence-electron chi connectivity index (χ2n) is 3.55. The lowest BCUT2D eigenvalue weighted by Gasteiger charge is -2.05. The Labute approximate surface area is 118 Å². The molecule has 0 radical (unpaired) electrons. The van der Waals surface area contributed by atoms with Crippen LogP contribution < -0.4 is 11.5 Å². The number of pyridine rings is 1. The van der Waals surface area contributed by atoms with E-state index in [2.05, 4.69) is 15.0 Å². The molecule has 8 heteroatoms. The number of carbonyl (C=O) groups is 1. The van der Waals surface area contributed by atoms with Crippen LogP contribution in [0.4, 0.5) is 5.82 Å². The summed E-state index contributed by atoms with van der Waals surface area (Å²) in [5.74, 6) is 0.174. The fraction of sp³-hybridized carbons (Fsp3) is 0.0909. The second kappa shape index (κ2) is 5.85. The Balaban J connectivity index is 2.16. The zero-order chi connectivity index (χ0) is 13.8. The van der Waals surface area contributed by atoms with Gasteiger partial charge >= 0.3 is 0 Å². The van der Waals surface area contributed by atoms with E-state index in [1.54, 1.807) is 18.3 Å². The molecule has 0 aliphatic rings. The molecule has 2 aromatic heterocycles. The van der Waals surface area contributed by atoms with E-state index >= 15 is 0 Å². The van der Waals surface area contributed by atoms with Gasteiger partial charge in [0.2, 0.25) is 0 Å². The highest BCUT2D eigenvalue weighted by atomic mass is 35.5. The Bertz CT molecular complexity index is 602. The van der Waals surface area contributed by atoms with Crippen molar-refractivity contribution < 1.29 is 4.79 Å². The van der Waals surface area contributed by atoms with Gasteiger partial charge in [-0.2, -0.15) is 0 Å². The van der Waals surface area contributed by atoms with Crippen LogP contribution in [0, 0.1) is 0 Å². The topological polar surface area (TPSA) is 108 Å². The van der Waals surface area contributed by atoms with Crippen LogP contribution in [0.5, 0.6) is 0 Å². The highest BCUT2D eigenvalue weighted by molar-refractivity contribution is 7.98. The van der Waals surface area contributed by atoms with E-state index in [1.165, 1.54) is 17.8 Å². The van der Waals surface area contributed by atoms with Crippen LogP contribution in [-0.4, -0.2) is 20.9 Å². The van der Waals surface area contributed by atoms with E-state index in [0.717, 1.165) is 0 Å². The van der Waals surface area contributed by atoms with Crippen molar-refractivity contribution in [1.82, 2.24) is 15.0 Å². The molecule has 0 aliphatic carbocycles. The number of anilines is 1. The molecule has 4 N–H and O–H groups in total. The van der Waals surface area contributed by atoms with Gasteiger partial charge in [0, 0.05) is 18.0 Å². The van der Waals surface area contributed by atoms with Crippen molar-refractivity contribution in [3.05, 3.63) is 40.8 Å². The third-order valence-electron chi connectivity index (χ3n) is 2.19. The van der Waals surface area contributed by atoms with Crippen LogP contribution in [0.15, 0.2) is 29.6 Å². The van der Waals surface area contributed by atoms with Gasteiger partial charge < -0.3 is 11.5 Å². The third-order valence-corrected chi connectivity index (χ3v) is 3.24. The highest BCUT2D eigenvalue weighted by Gasteiger charge is 2.10. The van der Waals surface area contributed by atoms with Gasteiger partial charge in [0.05, 0.1) is 11.3 Å². The Kier molecular flexibility index (Phi) is 4.18. The van der Waals surface area contributed by atoms with Crippen LogP contribution in [0.3, 0.4) is 0 Å². The number of amides is 1. The zero-order valence-corrected chi connectivity index (χ0v) is 11.3. The van der Waals surface area contributed by atoms with Crippen molar-refractivity contribution in [2.45, 2.75) is 10.9 Å². The molecule has 0 bridgehead atoms. The van der Waals surface area contributed by atoms with Crippen LogP contribution >= 0.6 is 23.4 Å². The summed E-state index contributed by atoms with van der Waals surface area (Å²) in [6.45, 7) is 0. The first-order valence-electron chi connectivity index (χ1n) is 5.23. The molecular formula is C11H10ClN5OS. The van der Waals surface area contributed by atoms with Crippen molar-refractivity contribution in [3.8, 4) is 0 Å². The molecule has 0 atom stereocenters. The summed E-state index contributed by atoms with van der Waals surface area (Å²) in [5.41, 5.74) is 11.8. The van der Waals surface area contributed by atoms with Crippen molar-refractivity contribution in [3.63, 3.8) is 0 Å². The first-order valence-corrected chi connectivity index (χ1v) is 6.59. The van der Waals surface area contributed by atoms with Gasteiger partial charge in [-0.25, -0.2) is 9.97 Å². The SMILES string of the molecule is NC(=O)c1cccnc1CSc1nc(N)cc(Cl)n1. The highest BCUT2D eigenvalue weighted by Crippen LogP contribution is 2.22. The van der Waals surface area contributed by atoms with Gasteiger partial charge in [-0.3, -0.25) is 9.78 Å². The second-order valence-corrected chi connectivity index (χ2v) is 4.88. The zero-order valence-electron chi connectivity index (χ0n) is 9.71. The largest absolute Gasteiger partial charge is 0.384 e. The third kappa shape index (κ3) is 3.55. The van der Waals surface area contributed by atoms with Crippen molar-refractivity contribution in [2.24, 2.45) is 5.73 Å². The number of nitrogens with zero attached hydrogens (tertiary/aromatic N) is 3. The van der Waals surface area contributed by atoms with E-state index in [4.69, 9.17) is 23.1 Å². The van der Waals surface area contributed by atoms with Gasteiger partial charge in [-0.05, 0) is 12.1 Å². The normalized spacial score (nSPS) is 10.4. The Morgan fingerprint density at radius 2 is 2.21 bits per heavy atom. The van der Waals surface area contributed by atoms with Crippen LogP contribution in [0.25, 0.3) is 0 Å². The number of primary amides is 1. The summed E-state index contributed by atoms with van der Waals surface area (Å²) in [5, 5.41) is 0.692. The molecule has 2 aromatic rings. The summed E-state index contributed by atoms with van der Waals surface area (Å²) >= 11 is 7.06. The maximum Gasteiger partial charge on any atom is 0.250 e. The molecule has 98 valence electrons. The lowest BCUT2D eigenvalue weighted by atomic mass is 10.2. The smallest absolute Gasteiger partial charge is 0.250 e. The van der Waals surface area contributed by atoms with Crippen molar-refractivity contribution in [2.75, 3.05) is 5.73 Å². The molecule has 6 nitrogen and oxygen atoms in total. The van der Waals surface area contributed by atoms with E-state index in [1.807, 2.05) is 0 Å². The average Bonchev–Trinajstić information content (AvgIpc) is 2.35. The number of hydrogen-bond acceptors (Lipinski definition) is 6. The van der Waals surface area contributed by atoms with Gasteiger partial charge in [-0.1, -0.05) is 23.4 Å². The van der Waals surface area contributed by atoms with Gasteiger partial charge in [0.25, 0.3) is 5.91 Å². The molecule has 0 unspecified atom stereocenters. The number of hydrogen-bond donors (Lipinski definition) is 2. The first kappa shape index (κ1) is 13.6. The Morgan fingerprint density at radius 3 is 2.89 bits per heavy atom. The Hall–Kier alpha value is -1.86. The number of rotatable bonds is 4. The Morgan fingerprint density at radius 1 is 1.42 bits per heavy atom. The molecule has 0 saturated carbocycles. The quantitative estimate of drug-likeness (QED) is 0.503. The van der Waals surface area contributed by atoms with Crippen LogP contribution in [0.2, 0.25) is 5.15 Å². The van der Waals surface area contributed by atoms with E-state index in [9.17, 15) is 4.79 Å². The summed E-state index contributed by atoms with van der Waals surface area (Å²) in [7, 11) is 0. The molecule has 0 aliphatic heterocycles. The maximum atomic E-state index is 11.2. The number of halogens is 1. The minimum Gasteiger partial charge on any atom is -0.384 e. The molecule has 0 saturated heterocycles. The fourth-order valence-corrected chi connectivity index (χ4v) is 2.46. The number of aromatic nitrogens is 3. The summed E-state index contributed by atoms with van der Waals surface area (Å²) in [6, 6.07) is 4.74. The lowest BCUT2D eigenvalue weighted by Crippen LogP contribution is -2.14. The molecule has 19 heavy (non-hydrogen) atoms. The molecule has 0 aromatic carbocycles. The van der Waals surface area contributed by atoms with Gasteiger partial charge in [0.1, 0.15) is 11.0 Å². The minimum atomic E-state index is -0.518. The number of carbonyl (C=O) groups excluding carboxylic acids is 1. The summed E-state index contributed by atoms with van der Waals surface area (Å²) in [4.78, 5) is 23.4. The average molecular weight is 296 g/mol. The number of thioether (sulfide) groups is 1. The lowest BCUT2D eigenvalue weighted by molar-refractivity contribution is 0.0999. The van der Waals surface area contributed by atoms with Crippen molar-refractivity contribution >= 4 is 35.1 Å². The standard InChI is InChI=1S/C11H10ClN5OS/c12-8-4-9(13)17-11(16-8)19-5-7-6(10(14)18)2-1-3-15-7/h1-4H,5H2,(H2,14,18)(H2,13,16,17). The molecule has 2 heterocycles. The molecule has 0 spiro atoms. The van der Waals surface area contributed by atoms with Crippen LogP contribution in [-0.2, 0) is 5.75 Å². The first-order chi connectivity index (χ1) is 9.06. The molecule has 1 amide bonds. The molecule has 2 rings (SSSR count). The van der Waals surface area contributed by atoms with E-state index in [0.29, 0.717) is 28.0 Å². The molecule has 0 fully saturated rings. The fourth-order valence-electron chi connectivity index (χ4n) is 1.39. The number of nitrogens with two attached hydrogens (primary N) is 2. The van der Waals surface area contributed by atoms with Gasteiger partial charge in [-0.15, -0.1) is 0 Å². The van der Waals surface area contributed by atoms with E-state index < -0.39 is 5.91 Å². The predicted octanol–water partition coefficient (Wildman–Crippen LogP) is 1.50. The predicted molar refractivity (Wildman–Crippen MR) is 73.8 cm³/mol.